The molecule has 162 valence electrons. The number of carbonyl (C=O) groups excluding carboxylic acids is 1. The zero-order valence-corrected chi connectivity index (χ0v) is 19.0. The summed E-state index contributed by atoms with van der Waals surface area (Å²) >= 11 is 0. The van der Waals surface area contributed by atoms with Crippen molar-refractivity contribution in [2.24, 2.45) is 11.8 Å². The first-order valence-electron chi connectivity index (χ1n) is 10.2. The zero-order valence-electron chi connectivity index (χ0n) is 18.2. The van der Waals surface area contributed by atoms with Crippen molar-refractivity contribution in [3.05, 3.63) is 48.0 Å². The number of nitrogens with one attached hydrogen (secondary N) is 1. The molecule has 2 heterocycles. The van der Waals surface area contributed by atoms with Crippen LogP contribution in [0.5, 0.6) is 0 Å². The number of anilines is 1. The van der Waals surface area contributed by atoms with Gasteiger partial charge in [0.2, 0.25) is 10.0 Å². The first-order valence-corrected chi connectivity index (χ1v) is 11.6. The van der Waals surface area contributed by atoms with Crippen LogP contribution in [-0.4, -0.2) is 41.7 Å². The van der Waals surface area contributed by atoms with Gasteiger partial charge in [0.15, 0.2) is 0 Å². The number of hydrogen-bond donors (Lipinski definition) is 1. The quantitative estimate of drug-likeness (QED) is 0.799. The summed E-state index contributed by atoms with van der Waals surface area (Å²) in [6.45, 7) is 11.2. The highest BCUT2D eigenvalue weighted by Crippen LogP contribution is 2.27. The molecule has 7 nitrogen and oxygen atoms in total. The lowest BCUT2D eigenvalue weighted by Crippen LogP contribution is -2.42. The Kier molecular flexibility index (Phi) is 6.29. The molecule has 1 N–H and O–H groups in total. The lowest BCUT2D eigenvalue weighted by molar-refractivity contribution is 0.102. The minimum Gasteiger partial charge on any atom is -0.319 e. The van der Waals surface area contributed by atoms with E-state index in [2.05, 4.69) is 29.1 Å². The van der Waals surface area contributed by atoms with E-state index in [-0.39, 0.29) is 16.2 Å². The van der Waals surface area contributed by atoms with Crippen LogP contribution in [0, 0.1) is 11.8 Å². The van der Waals surface area contributed by atoms with Gasteiger partial charge in [0, 0.05) is 24.1 Å². The van der Waals surface area contributed by atoms with E-state index in [1.54, 1.807) is 16.7 Å². The van der Waals surface area contributed by atoms with Gasteiger partial charge in [-0.05, 0) is 42.5 Å². The van der Waals surface area contributed by atoms with Gasteiger partial charge in [-0.25, -0.2) is 18.4 Å². The maximum absolute atomic E-state index is 13.0. The van der Waals surface area contributed by atoms with Crippen molar-refractivity contribution in [2.75, 3.05) is 18.4 Å². The Morgan fingerprint density at radius 1 is 1.03 bits per heavy atom. The van der Waals surface area contributed by atoms with Crippen LogP contribution in [0.4, 0.5) is 5.69 Å². The summed E-state index contributed by atoms with van der Waals surface area (Å²) in [6, 6.07) is 6.05. The molecule has 0 bridgehead atoms. The fourth-order valence-electron chi connectivity index (χ4n) is 3.71. The van der Waals surface area contributed by atoms with Crippen molar-refractivity contribution in [1.29, 1.82) is 0 Å². The van der Waals surface area contributed by atoms with E-state index in [1.165, 1.54) is 24.3 Å². The van der Waals surface area contributed by atoms with Gasteiger partial charge in [-0.3, -0.25) is 4.79 Å². The van der Waals surface area contributed by atoms with E-state index >= 15 is 0 Å². The van der Waals surface area contributed by atoms with Crippen LogP contribution in [0.25, 0.3) is 0 Å². The van der Waals surface area contributed by atoms with E-state index in [0.29, 0.717) is 42.0 Å². The Labute approximate surface area is 179 Å². The summed E-state index contributed by atoms with van der Waals surface area (Å²) < 4.78 is 27.5. The number of piperidine rings is 1. The Balaban J connectivity index is 1.71. The van der Waals surface area contributed by atoms with Gasteiger partial charge in [-0.1, -0.05) is 34.6 Å². The summed E-state index contributed by atoms with van der Waals surface area (Å²) in [7, 11) is -3.57. The summed E-state index contributed by atoms with van der Waals surface area (Å²) in [5.41, 5.74) is 0.684. The topological polar surface area (TPSA) is 92.3 Å². The second-order valence-electron chi connectivity index (χ2n) is 9.29. The molecule has 0 radical (unpaired) electrons. The van der Waals surface area contributed by atoms with Crippen LogP contribution in [0.1, 0.15) is 57.2 Å². The van der Waals surface area contributed by atoms with Crippen LogP contribution in [0.15, 0.2) is 41.6 Å². The Bertz CT molecular complexity index is 986. The molecule has 3 rings (SSSR count). The number of benzene rings is 1. The number of nitrogens with zero attached hydrogens (tertiary/aromatic N) is 3. The third-order valence-electron chi connectivity index (χ3n) is 5.17. The lowest BCUT2D eigenvalue weighted by atomic mass is 9.94. The minimum absolute atomic E-state index is 0.173. The monoisotopic (exact) mass is 430 g/mol. The molecule has 0 saturated carbocycles. The molecule has 1 aliphatic heterocycles. The summed E-state index contributed by atoms with van der Waals surface area (Å²) in [5, 5.41) is 2.75. The third-order valence-corrected chi connectivity index (χ3v) is 7.02. The lowest BCUT2D eigenvalue weighted by Gasteiger charge is -2.34. The highest BCUT2D eigenvalue weighted by Gasteiger charge is 2.31. The van der Waals surface area contributed by atoms with Gasteiger partial charge in [0.05, 0.1) is 23.0 Å². The molecule has 0 spiro atoms. The normalized spacial score (nSPS) is 20.7. The number of sulfonamides is 1. The first kappa shape index (κ1) is 22.4. The van der Waals surface area contributed by atoms with E-state index in [9.17, 15) is 13.2 Å². The molecule has 2 unspecified atom stereocenters. The summed E-state index contributed by atoms with van der Waals surface area (Å²) in [5.74, 6) is 1.02. The highest BCUT2D eigenvalue weighted by atomic mass is 32.2. The van der Waals surface area contributed by atoms with Gasteiger partial charge in [0.25, 0.3) is 5.91 Å². The van der Waals surface area contributed by atoms with Crippen molar-refractivity contribution < 1.29 is 13.2 Å². The molecule has 8 heteroatoms. The molecule has 1 saturated heterocycles. The average molecular weight is 431 g/mol. The molecule has 1 fully saturated rings. The van der Waals surface area contributed by atoms with Gasteiger partial charge < -0.3 is 5.32 Å². The second kappa shape index (κ2) is 8.43. The maximum Gasteiger partial charge on any atom is 0.255 e. The van der Waals surface area contributed by atoms with Crippen LogP contribution in [0.2, 0.25) is 0 Å². The van der Waals surface area contributed by atoms with Gasteiger partial charge in [-0.15, -0.1) is 0 Å². The van der Waals surface area contributed by atoms with Gasteiger partial charge in [-0.2, -0.15) is 4.31 Å². The average Bonchev–Trinajstić information content (AvgIpc) is 2.67. The van der Waals surface area contributed by atoms with Gasteiger partial charge >= 0.3 is 0 Å². The minimum atomic E-state index is -3.57. The molecule has 2 aromatic rings. The SMILES string of the molecule is CC1CC(C)CN(S(=O)(=O)c2ccc(C(=O)Nc3cnc(C(C)(C)C)nc3)cc2)C1. The smallest absolute Gasteiger partial charge is 0.255 e. The number of carbonyl (C=O) groups is 1. The fourth-order valence-corrected chi connectivity index (χ4v) is 5.39. The number of rotatable bonds is 4. The van der Waals surface area contributed by atoms with Crippen LogP contribution in [-0.2, 0) is 15.4 Å². The Morgan fingerprint density at radius 2 is 1.57 bits per heavy atom. The van der Waals surface area contributed by atoms with E-state index in [0.717, 1.165) is 6.42 Å². The maximum atomic E-state index is 13.0. The molecule has 2 atom stereocenters. The predicted molar refractivity (Wildman–Crippen MR) is 117 cm³/mol. The van der Waals surface area contributed by atoms with Gasteiger partial charge in [0.1, 0.15) is 5.82 Å². The number of hydrogen-bond acceptors (Lipinski definition) is 5. The molecule has 1 aliphatic rings. The van der Waals surface area contributed by atoms with Crippen LogP contribution >= 0.6 is 0 Å². The number of amides is 1. The molecular formula is C22H30N4O3S. The van der Waals surface area contributed by atoms with Crippen LogP contribution < -0.4 is 5.32 Å². The van der Waals surface area contributed by atoms with E-state index in [4.69, 9.17) is 0 Å². The number of aromatic nitrogens is 2. The predicted octanol–water partition coefficient (Wildman–Crippen LogP) is 3.69. The van der Waals surface area contributed by atoms with E-state index in [1.807, 2.05) is 20.8 Å². The second-order valence-corrected chi connectivity index (χ2v) is 11.2. The molecule has 1 aromatic carbocycles. The van der Waals surface area contributed by atoms with Crippen molar-refractivity contribution in [3.8, 4) is 0 Å². The fraction of sp³-hybridized carbons (Fsp3) is 0.500. The van der Waals surface area contributed by atoms with E-state index < -0.39 is 10.0 Å². The van der Waals surface area contributed by atoms with Crippen molar-refractivity contribution in [3.63, 3.8) is 0 Å². The Morgan fingerprint density at radius 3 is 2.07 bits per heavy atom. The summed E-state index contributed by atoms with van der Waals surface area (Å²) in [6.07, 6.45) is 4.18. The zero-order chi connectivity index (χ0) is 22.1. The molecule has 1 aromatic heterocycles. The van der Waals surface area contributed by atoms with Crippen molar-refractivity contribution >= 4 is 21.6 Å². The molecule has 30 heavy (non-hydrogen) atoms. The van der Waals surface area contributed by atoms with Crippen molar-refractivity contribution in [1.82, 2.24) is 14.3 Å². The van der Waals surface area contributed by atoms with Crippen LogP contribution in [0.3, 0.4) is 0 Å². The molecular weight excluding hydrogens is 400 g/mol. The standard InChI is InChI=1S/C22H30N4O3S/c1-15-10-16(2)14-26(13-15)30(28,29)19-8-6-17(7-9-19)20(27)25-18-11-23-21(24-12-18)22(3,4)5/h6-9,11-12,15-16H,10,13-14H2,1-5H3,(H,25,27). The third kappa shape index (κ3) is 5.05. The van der Waals surface area contributed by atoms with Crippen molar-refractivity contribution in [2.45, 2.75) is 51.3 Å². The Hall–Kier alpha value is -2.32. The summed E-state index contributed by atoms with van der Waals surface area (Å²) in [4.78, 5) is 21.3. The highest BCUT2D eigenvalue weighted by molar-refractivity contribution is 7.89. The molecule has 0 aliphatic carbocycles. The molecule has 1 amide bonds. The largest absolute Gasteiger partial charge is 0.319 e. The first-order chi connectivity index (χ1) is 14.0.